The summed E-state index contributed by atoms with van der Waals surface area (Å²) in [6, 6.07) is 8.37. The highest BCUT2D eigenvalue weighted by Gasteiger charge is 2.10. The van der Waals surface area contributed by atoms with Crippen LogP contribution in [0.2, 0.25) is 0 Å². The summed E-state index contributed by atoms with van der Waals surface area (Å²) in [6.07, 6.45) is 3.06. The highest BCUT2D eigenvalue weighted by Crippen LogP contribution is 2.14. The maximum atomic E-state index is 13.0. The lowest BCUT2D eigenvalue weighted by molar-refractivity contribution is 0.412. The zero-order valence-electron chi connectivity index (χ0n) is 12.7. The summed E-state index contributed by atoms with van der Waals surface area (Å²) in [7, 11) is 4.00. The van der Waals surface area contributed by atoms with Gasteiger partial charge in [-0.1, -0.05) is 12.1 Å². The zero-order valence-corrected chi connectivity index (χ0v) is 12.7. The molecule has 1 aromatic heterocycles. The van der Waals surface area contributed by atoms with Crippen LogP contribution in [-0.4, -0.2) is 42.1 Å². The Labute approximate surface area is 129 Å². The summed E-state index contributed by atoms with van der Waals surface area (Å²) >= 11 is 0. The number of hydrogen-bond acceptors (Lipinski definition) is 5. The Bertz CT molecular complexity index is 631. The SMILES string of the molecule is CN(C)CCN(Cc1ccc(F)cc1)c1cnc(C#N)cn1. The van der Waals surface area contributed by atoms with E-state index in [0.717, 1.165) is 18.7 Å². The Morgan fingerprint density at radius 1 is 1.09 bits per heavy atom. The first-order valence-corrected chi connectivity index (χ1v) is 6.95. The topological polar surface area (TPSA) is 56.0 Å². The van der Waals surface area contributed by atoms with Crippen LogP contribution in [0.25, 0.3) is 0 Å². The van der Waals surface area contributed by atoms with Gasteiger partial charge in [0.1, 0.15) is 17.7 Å². The van der Waals surface area contributed by atoms with Gasteiger partial charge in [0.05, 0.1) is 12.4 Å². The van der Waals surface area contributed by atoms with Gasteiger partial charge in [-0.15, -0.1) is 0 Å². The van der Waals surface area contributed by atoms with Crippen molar-refractivity contribution in [1.82, 2.24) is 14.9 Å². The molecule has 0 spiro atoms. The molecule has 5 nitrogen and oxygen atoms in total. The first-order valence-electron chi connectivity index (χ1n) is 6.95. The Morgan fingerprint density at radius 2 is 1.82 bits per heavy atom. The lowest BCUT2D eigenvalue weighted by atomic mass is 10.2. The molecule has 0 aliphatic carbocycles. The number of aromatic nitrogens is 2. The molecule has 0 atom stereocenters. The van der Waals surface area contributed by atoms with Crippen molar-refractivity contribution >= 4 is 5.82 Å². The molecule has 0 radical (unpaired) electrons. The lowest BCUT2D eigenvalue weighted by Crippen LogP contribution is -2.32. The molecule has 2 aromatic rings. The maximum absolute atomic E-state index is 13.0. The van der Waals surface area contributed by atoms with E-state index < -0.39 is 0 Å². The van der Waals surface area contributed by atoms with Gasteiger partial charge in [0, 0.05) is 19.6 Å². The lowest BCUT2D eigenvalue weighted by Gasteiger charge is -2.25. The molecule has 0 fully saturated rings. The third-order valence-corrected chi connectivity index (χ3v) is 3.18. The Kier molecular flexibility index (Phi) is 5.39. The molecular weight excluding hydrogens is 281 g/mol. The number of anilines is 1. The first-order chi connectivity index (χ1) is 10.6. The molecule has 22 heavy (non-hydrogen) atoms. The highest BCUT2D eigenvalue weighted by atomic mass is 19.1. The standard InChI is InChI=1S/C16H18FN5/c1-21(2)7-8-22(12-13-3-5-14(17)6-4-13)16-11-19-15(9-18)10-20-16/h3-6,10-11H,7-8,12H2,1-2H3. The van der Waals surface area contributed by atoms with Gasteiger partial charge in [-0.25, -0.2) is 14.4 Å². The third kappa shape index (κ3) is 4.50. The van der Waals surface area contributed by atoms with Crippen molar-refractivity contribution < 1.29 is 4.39 Å². The van der Waals surface area contributed by atoms with Crippen LogP contribution in [0.15, 0.2) is 36.7 Å². The van der Waals surface area contributed by atoms with Crippen LogP contribution in [0, 0.1) is 17.1 Å². The van der Waals surface area contributed by atoms with Crippen LogP contribution in [0.3, 0.4) is 0 Å². The van der Waals surface area contributed by atoms with E-state index in [-0.39, 0.29) is 11.5 Å². The number of nitriles is 1. The van der Waals surface area contributed by atoms with E-state index in [4.69, 9.17) is 5.26 Å². The van der Waals surface area contributed by atoms with Gasteiger partial charge < -0.3 is 9.80 Å². The minimum absolute atomic E-state index is 0.248. The smallest absolute Gasteiger partial charge is 0.158 e. The summed E-state index contributed by atoms with van der Waals surface area (Å²) in [5, 5.41) is 8.80. The first kappa shape index (κ1) is 15.9. The highest BCUT2D eigenvalue weighted by molar-refractivity contribution is 5.38. The molecule has 0 aliphatic rings. The van der Waals surface area contributed by atoms with Crippen molar-refractivity contribution in [2.45, 2.75) is 6.54 Å². The van der Waals surface area contributed by atoms with Crippen LogP contribution in [0.1, 0.15) is 11.3 Å². The number of benzene rings is 1. The van der Waals surface area contributed by atoms with Crippen LogP contribution < -0.4 is 4.90 Å². The van der Waals surface area contributed by atoms with Crippen LogP contribution in [-0.2, 0) is 6.54 Å². The predicted octanol–water partition coefficient (Wildman–Crippen LogP) is 2.06. The van der Waals surface area contributed by atoms with Gasteiger partial charge in [-0.2, -0.15) is 5.26 Å². The van der Waals surface area contributed by atoms with E-state index in [2.05, 4.69) is 19.8 Å². The molecule has 2 rings (SSSR count). The van der Waals surface area contributed by atoms with Gasteiger partial charge in [0.15, 0.2) is 5.69 Å². The van der Waals surface area contributed by atoms with Crippen molar-refractivity contribution in [3.8, 4) is 6.07 Å². The van der Waals surface area contributed by atoms with E-state index in [0.29, 0.717) is 12.4 Å². The van der Waals surface area contributed by atoms with Gasteiger partial charge in [-0.05, 0) is 31.8 Å². The Balaban J connectivity index is 2.17. The van der Waals surface area contributed by atoms with Crippen LogP contribution >= 0.6 is 0 Å². The maximum Gasteiger partial charge on any atom is 0.158 e. The number of likely N-dealkylation sites (N-methyl/N-ethyl adjacent to an activating group) is 1. The average molecular weight is 299 g/mol. The second-order valence-electron chi connectivity index (χ2n) is 5.22. The van der Waals surface area contributed by atoms with E-state index >= 15 is 0 Å². The van der Waals surface area contributed by atoms with Gasteiger partial charge in [0.25, 0.3) is 0 Å². The molecular formula is C16H18FN5. The fraction of sp³-hybridized carbons (Fsp3) is 0.312. The summed E-state index contributed by atoms with van der Waals surface area (Å²) in [6.45, 7) is 2.21. The average Bonchev–Trinajstić information content (AvgIpc) is 2.53. The minimum atomic E-state index is -0.248. The fourth-order valence-corrected chi connectivity index (χ4v) is 1.95. The predicted molar refractivity (Wildman–Crippen MR) is 82.8 cm³/mol. The molecule has 0 saturated heterocycles. The van der Waals surface area contributed by atoms with Gasteiger partial charge in [0.2, 0.25) is 0 Å². The zero-order chi connectivity index (χ0) is 15.9. The second kappa shape index (κ2) is 7.48. The summed E-state index contributed by atoms with van der Waals surface area (Å²) < 4.78 is 13.0. The molecule has 6 heteroatoms. The van der Waals surface area contributed by atoms with E-state index in [1.54, 1.807) is 18.3 Å². The normalized spacial score (nSPS) is 10.5. The number of nitrogens with zero attached hydrogens (tertiary/aromatic N) is 5. The summed E-state index contributed by atoms with van der Waals surface area (Å²) in [5.74, 6) is 0.451. The van der Waals surface area contributed by atoms with Crippen molar-refractivity contribution in [2.75, 3.05) is 32.1 Å². The molecule has 0 saturated carbocycles. The molecule has 0 unspecified atom stereocenters. The van der Waals surface area contributed by atoms with E-state index in [9.17, 15) is 4.39 Å². The van der Waals surface area contributed by atoms with Crippen molar-refractivity contribution in [1.29, 1.82) is 5.26 Å². The number of rotatable bonds is 6. The third-order valence-electron chi connectivity index (χ3n) is 3.18. The molecule has 1 aromatic carbocycles. The summed E-state index contributed by atoms with van der Waals surface area (Å²) in [5.41, 5.74) is 1.28. The second-order valence-corrected chi connectivity index (χ2v) is 5.22. The minimum Gasteiger partial charge on any atom is -0.350 e. The van der Waals surface area contributed by atoms with Gasteiger partial charge in [-0.3, -0.25) is 0 Å². The molecule has 1 heterocycles. The van der Waals surface area contributed by atoms with Crippen molar-refractivity contribution in [3.63, 3.8) is 0 Å². The fourth-order valence-electron chi connectivity index (χ4n) is 1.95. The molecule has 0 bridgehead atoms. The van der Waals surface area contributed by atoms with Crippen molar-refractivity contribution in [3.05, 3.63) is 53.7 Å². The molecule has 114 valence electrons. The number of hydrogen-bond donors (Lipinski definition) is 0. The monoisotopic (exact) mass is 299 g/mol. The summed E-state index contributed by atoms with van der Waals surface area (Å²) in [4.78, 5) is 12.5. The molecule has 0 N–H and O–H groups in total. The van der Waals surface area contributed by atoms with E-state index in [1.165, 1.54) is 18.3 Å². The van der Waals surface area contributed by atoms with Crippen molar-refractivity contribution in [2.24, 2.45) is 0 Å². The van der Waals surface area contributed by atoms with E-state index in [1.807, 2.05) is 20.2 Å². The quantitative estimate of drug-likeness (QED) is 0.817. The number of halogens is 1. The largest absolute Gasteiger partial charge is 0.350 e. The van der Waals surface area contributed by atoms with Crippen LogP contribution in [0.5, 0.6) is 0 Å². The Morgan fingerprint density at radius 3 is 2.36 bits per heavy atom. The van der Waals surface area contributed by atoms with Crippen LogP contribution in [0.4, 0.5) is 10.2 Å². The van der Waals surface area contributed by atoms with Gasteiger partial charge >= 0.3 is 0 Å². The molecule has 0 amide bonds. The molecule has 0 aliphatic heterocycles. The Hall–Kier alpha value is -2.52.